The van der Waals surface area contributed by atoms with E-state index in [1.807, 2.05) is 0 Å². The summed E-state index contributed by atoms with van der Waals surface area (Å²) in [5.74, 6) is -1.74. The van der Waals surface area contributed by atoms with Gasteiger partial charge in [-0.25, -0.2) is 8.78 Å². The standard InChI is InChI=1S/C21H22F2N2O2/c22-17-9-14(10-18(23)12-17)13-24-20(26)16-7-4-8-19(11-16)25-21(27)15-5-2-1-3-6-15/h4,7-12,15H,1-3,5-6,13H2,(H,24,26)(H,25,27). The molecule has 6 heteroatoms. The SMILES string of the molecule is O=C(NCc1cc(F)cc(F)c1)c1cccc(NC(=O)C2CCCCC2)c1. The average Bonchev–Trinajstić information content (AvgIpc) is 2.66. The summed E-state index contributed by atoms with van der Waals surface area (Å²) < 4.78 is 26.4. The Hall–Kier alpha value is -2.76. The molecule has 0 aromatic heterocycles. The Morgan fingerprint density at radius 2 is 1.67 bits per heavy atom. The van der Waals surface area contributed by atoms with E-state index in [9.17, 15) is 18.4 Å². The first kappa shape index (κ1) is 19.0. The second kappa shape index (κ2) is 8.75. The summed E-state index contributed by atoms with van der Waals surface area (Å²) in [5, 5.41) is 5.51. The normalized spacial score (nSPS) is 14.6. The van der Waals surface area contributed by atoms with E-state index >= 15 is 0 Å². The summed E-state index contributed by atoms with van der Waals surface area (Å²) in [6.07, 6.45) is 5.11. The van der Waals surface area contributed by atoms with Gasteiger partial charge in [-0.1, -0.05) is 25.3 Å². The van der Waals surface area contributed by atoms with E-state index in [1.165, 1.54) is 18.6 Å². The van der Waals surface area contributed by atoms with E-state index in [1.54, 1.807) is 24.3 Å². The molecule has 0 aliphatic heterocycles. The molecule has 1 saturated carbocycles. The highest BCUT2D eigenvalue weighted by Gasteiger charge is 2.21. The molecule has 0 unspecified atom stereocenters. The van der Waals surface area contributed by atoms with Gasteiger partial charge in [0, 0.05) is 29.8 Å². The third-order valence-corrected chi connectivity index (χ3v) is 4.74. The van der Waals surface area contributed by atoms with Gasteiger partial charge < -0.3 is 10.6 Å². The number of amides is 2. The van der Waals surface area contributed by atoms with Crippen molar-refractivity contribution in [1.82, 2.24) is 5.32 Å². The zero-order valence-corrected chi connectivity index (χ0v) is 14.9. The van der Waals surface area contributed by atoms with Crippen molar-refractivity contribution in [1.29, 1.82) is 0 Å². The number of carbonyl (C=O) groups is 2. The van der Waals surface area contributed by atoms with Crippen molar-refractivity contribution in [3.05, 3.63) is 65.2 Å². The van der Waals surface area contributed by atoms with Crippen LogP contribution < -0.4 is 10.6 Å². The zero-order valence-electron chi connectivity index (χ0n) is 14.9. The summed E-state index contributed by atoms with van der Waals surface area (Å²) in [7, 11) is 0. The van der Waals surface area contributed by atoms with Crippen molar-refractivity contribution in [2.75, 3.05) is 5.32 Å². The third kappa shape index (κ3) is 5.36. The van der Waals surface area contributed by atoms with Crippen LogP contribution in [0.4, 0.5) is 14.5 Å². The Kier molecular flexibility index (Phi) is 6.16. The molecule has 2 N–H and O–H groups in total. The van der Waals surface area contributed by atoms with Crippen molar-refractivity contribution in [3.8, 4) is 0 Å². The number of carbonyl (C=O) groups excluding carboxylic acids is 2. The molecular weight excluding hydrogens is 350 g/mol. The molecule has 0 heterocycles. The van der Waals surface area contributed by atoms with Crippen molar-refractivity contribution in [3.63, 3.8) is 0 Å². The molecular formula is C21H22F2N2O2. The molecule has 0 radical (unpaired) electrons. The number of hydrogen-bond acceptors (Lipinski definition) is 2. The molecule has 142 valence electrons. The summed E-state index contributed by atoms with van der Waals surface area (Å²) in [5.41, 5.74) is 1.27. The molecule has 0 bridgehead atoms. The highest BCUT2D eigenvalue weighted by atomic mass is 19.1. The maximum atomic E-state index is 13.2. The maximum Gasteiger partial charge on any atom is 0.251 e. The van der Waals surface area contributed by atoms with Gasteiger partial charge in [0.1, 0.15) is 11.6 Å². The van der Waals surface area contributed by atoms with Crippen molar-refractivity contribution in [2.24, 2.45) is 5.92 Å². The maximum absolute atomic E-state index is 13.2. The predicted molar refractivity (Wildman–Crippen MR) is 99.2 cm³/mol. The molecule has 2 amide bonds. The van der Waals surface area contributed by atoms with Crippen LogP contribution in [0.2, 0.25) is 0 Å². The Balaban J connectivity index is 1.60. The van der Waals surface area contributed by atoms with Crippen molar-refractivity contribution < 1.29 is 18.4 Å². The molecule has 1 aliphatic carbocycles. The Labute approximate surface area is 157 Å². The molecule has 27 heavy (non-hydrogen) atoms. The monoisotopic (exact) mass is 372 g/mol. The fraction of sp³-hybridized carbons (Fsp3) is 0.333. The van der Waals surface area contributed by atoms with Crippen LogP contribution in [0.25, 0.3) is 0 Å². The lowest BCUT2D eigenvalue weighted by molar-refractivity contribution is -0.120. The molecule has 2 aromatic rings. The van der Waals surface area contributed by atoms with Crippen LogP contribution in [0, 0.1) is 17.6 Å². The number of halogens is 2. The summed E-state index contributed by atoms with van der Waals surface area (Å²) in [6, 6.07) is 9.77. The first-order valence-corrected chi connectivity index (χ1v) is 9.15. The second-order valence-electron chi connectivity index (χ2n) is 6.87. The first-order chi connectivity index (χ1) is 13.0. The first-order valence-electron chi connectivity index (χ1n) is 9.15. The molecule has 4 nitrogen and oxygen atoms in total. The van der Waals surface area contributed by atoms with Gasteiger partial charge in [0.05, 0.1) is 0 Å². The predicted octanol–water partition coefficient (Wildman–Crippen LogP) is 4.41. The number of benzene rings is 2. The summed E-state index contributed by atoms with van der Waals surface area (Å²) >= 11 is 0. The molecule has 0 spiro atoms. The Morgan fingerprint density at radius 1 is 0.963 bits per heavy atom. The van der Waals surface area contributed by atoms with Gasteiger partial charge in [-0.15, -0.1) is 0 Å². The Bertz CT molecular complexity index is 812. The lowest BCUT2D eigenvalue weighted by Crippen LogP contribution is -2.25. The molecule has 0 atom stereocenters. The number of nitrogens with one attached hydrogen (secondary N) is 2. The van der Waals surface area contributed by atoms with Gasteiger partial charge in [-0.2, -0.15) is 0 Å². The third-order valence-electron chi connectivity index (χ3n) is 4.74. The van der Waals surface area contributed by atoms with E-state index in [-0.39, 0.29) is 24.3 Å². The fourth-order valence-electron chi connectivity index (χ4n) is 3.34. The van der Waals surface area contributed by atoms with Crippen LogP contribution in [0.3, 0.4) is 0 Å². The van der Waals surface area contributed by atoms with Gasteiger partial charge in [0.15, 0.2) is 0 Å². The minimum Gasteiger partial charge on any atom is -0.348 e. The molecule has 1 fully saturated rings. The minimum absolute atomic E-state index is 0.00613. The van der Waals surface area contributed by atoms with Crippen LogP contribution in [0.15, 0.2) is 42.5 Å². The average molecular weight is 372 g/mol. The van der Waals surface area contributed by atoms with E-state index in [0.29, 0.717) is 16.8 Å². The quantitative estimate of drug-likeness (QED) is 0.817. The van der Waals surface area contributed by atoms with Gasteiger partial charge in [0.25, 0.3) is 5.91 Å². The minimum atomic E-state index is -0.688. The van der Waals surface area contributed by atoms with E-state index in [2.05, 4.69) is 10.6 Å². The highest BCUT2D eigenvalue weighted by Crippen LogP contribution is 2.25. The molecule has 0 saturated heterocycles. The van der Waals surface area contributed by atoms with Crippen LogP contribution in [-0.2, 0) is 11.3 Å². The van der Waals surface area contributed by atoms with E-state index < -0.39 is 11.6 Å². The van der Waals surface area contributed by atoms with Crippen LogP contribution in [-0.4, -0.2) is 11.8 Å². The summed E-state index contributed by atoms with van der Waals surface area (Å²) in [4.78, 5) is 24.7. The molecule has 2 aromatic carbocycles. The largest absolute Gasteiger partial charge is 0.348 e. The fourth-order valence-corrected chi connectivity index (χ4v) is 3.34. The van der Waals surface area contributed by atoms with Gasteiger partial charge >= 0.3 is 0 Å². The van der Waals surface area contributed by atoms with Crippen LogP contribution in [0.1, 0.15) is 48.0 Å². The van der Waals surface area contributed by atoms with E-state index in [0.717, 1.165) is 31.7 Å². The smallest absolute Gasteiger partial charge is 0.251 e. The lowest BCUT2D eigenvalue weighted by atomic mass is 9.88. The van der Waals surface area contributed by atoms with Crippen LogP contribution in [0.5, 0.6) is 0 Å². The molecule has 1 aliphatic rings. The number of anilines is 1. The van der Waals surface area contributed by atoms with Crippen molar-refractivity contribution in [2.45, 2.75) is 38.6 Å². The Morgan fingerprint density at radius 3 is 2.37 bits per heavy atom. The van der Waals surface area contributed by atoms with Crippen molar-refractivity contribution >= 4 is 17.5 Å². The van der Waals surface area contributed by atoms with Gasteiger partial charge in [-0.3, -0.25) is 9.59 Å². The number of hydrogen-bond donors (Lipinski definition) is 2. The number of rotatable bonds is 5. The van der Waals surface area contributed by atoms with E-state index in [4.69, 9.17) is 0 Å². The van der Waals surface area contributed by atoms with Gasteiger partial charge in [0.2, 0.25) is 5.91 Å². The summed E-state index contributed by atoms with van der Waals surface area (Å²) in [6.45, 7) is 0.00613. The topological polar surface area (TPSA) is 58.2 Å². The van der Waals surface area contributed by atoms with Crippen LogP contribution >= 0.6 is 0 Å². The second-order valence-corrected chi connectivity index (χ2v) is 6.87. The molecule has 3 rings (SSSR count). The lowest BCUT2D eigenvalue weighted by Gasteiger charge is -2.20. The highest BCUT2D eigenvalue weighted by molar-refractivity contribution is 5.97. The zero-order chi connectivity index (χ0) is 19.2. The van der Waals surface area contributed by atoms with Gasteiger partial charge in [-0.05, 0) is 48.7 Å².